The smallest absolute Gasteiger partial charge is 0.334 e. The maximum absolute atomic E-state index is 13.3. The summed E-state index contributed by atoms with van der Waals surface area (Å²) in [6.07, 6.45) is 1.96. The van der Waals surface area contributed by atoms with Crippen molar-refractivity contribution in [2.24, 2.45) is 0 Å². The molecule has 148 valence electrons. The molecule has 5 nitrogen and oxygen atoms in total. The molecule has 0 atom stereocenters. The van der Waals surface area contributed by atoms with Crippen molar-refractivity contribution in [3.63, 3.8) is 0 Å². The van der Waals surface area contributed by atoms with E-state index in [1.807, 2.05) is 17.0 Å². The second-order valence-corrected chi connectivity index (χ2v) is 7.43. The lowest BCUT2D eigenvalue weighted by Gasteiger charge is -2.23. The number of hydrogen-bond donors (Lipinski definition) is 0. The molecule has 0 saturated heterocycles. The highest BCUT2D eigenvalue weighted by Crippen LogP contribution is 2.35. The average Bonchev–Trinajstić information content (AvgIpc) is 2.90. The standard InChI is InChI=1S/C22H17Cl2NO4/c1-2-28-22(27)13-9-10-25(16-6-3-14(23)4-7-16)21-18(11-13)20(26)17-12-15(24)5-8-19(17)29-21/h3-8,11-12H,2,9-10H2,1H3. The van der Waals surface area contributed by atoms with Crippen molar-refractivity contribution in [1.82, 2.24) is 0 Å². The van der Waals surface area contributed by atoms with E-state index in [1.165, 1.54) is 0 Å². The Morgan fingerprint density at radius 3 is 2.59 bits per heavy atom. The third-order valence-corrected chi connectivity index (χ3v) is 5.20. The van der Waals surface area contributed by atoms with Crippen LogP contribution >= 0.6 is 23.2 Å². The zero-order valence-corrected chi connectivity index (χ0v) is 17.1. The van der Waals surface area contributed by atoms with Crippen molar-refractivity contribution < 1.29 is 13.9 Å². The first-order valence-corrected chi connectivity index (χ1v) is 9.90. The molecule has 0 aliphatic carbocycles. The van der Waals surface area contributed by atoms with Crippen LogP contribution in [0.2, 0.25) is 10.0 Å². The molecule has 0 bridgehead atoms. The molecule has 29 heavy (non-hydrogen) atoms. The fourth-order valence-corrected chi connectivity index (χ4v) is 3.63. The van der Waals surface area contributed by atoms with Crippen LogP contribution in [-0.4, -0.2) is 19.1 Å². The summed E-state index contributed by atoms with van der Waals surface area (Å²) in [5.74, 6) is -0.0755. The molecule has 4 rings (SSSR count). The highest BCUT2D eigenvalue weighted by atomic mass is 35.5. The molecule has 0 saturated carbocycles. The minimum absolute atomic E-state index is 0.256. The molecular weight excluding hydrogens is 413 g/mol. The zero-order chi connectivity index (χ0) is 20.5. The van der Waals surface area contributed by atoms with Crippen LogP contribution in [0.4, 0.5) is 11.6 Å². The number of benzene rings is 2. The molecule has 0 spiro atoms. The Labute approximate surface area is 177 Å². The van der Waals surface area contributed by atoms with Crippen molar-refractivity contribution in [3.8, 4) is 0 Å². The van der Waals surface area contributed by atoms with Gasteiger partial charge in [0.05, 0.1) is 17.6 Å². The monoisotopic (exact) mass is 429 g/mol. The number of ether oxygens (including phenoxy) is 1. The fourth-order valence-electron chi connectivity index (χ4n) is 3.33. The van der Waals surface area contributed by atoms with Gasteiger partial charge in [0.1, 0.15) is 5.58 Å². The lowest BCUT2D eigenvalue weighted by atomic mass is 10.1. The third kappa shape index (κ3) is 3.76. The minimum Gasteiger partial charge on any atom is -0.463 e. The molecule has 1 aliphatic rings. The molecule has 2 heterocycles. The molecule has 3 aromatic rings. The summed E-state index contributed by atoms with van der Waals surface area (Å²) in [5.41, 5.74) is 1.66. The van der Waals surface area contributed by atoms with Crippen molar-refractivity contribution in [3.05, 3.63) is 73.9 Å². The van der Waals surface area contributed by atoms with Gasteiger partial charge >= 0.3 is 5.97 Å². The van der Waals surface area contributed by atoms with E-state index >= 15 is 0 Å². The summed E-state index contributed by atoms with van der Waals surface area (Å²) in [6.45, 7) is 2.43. The van der Waals surface area contributed by atoms with Gasteiger partial charge in [-0.2, -0.15) is 0 Å². The summed E-state index contributed by atoms with van der Waals surface area (Å²) in [4.78, 5) is 27.5. The number of hydrogen-bond acceptors (Lipinski definition) is 5. The van der Waals surface area contributed by atoms with Crippen LogP contribution in [0.15, 0.2) is 57.2 Å². The van der Waals surface area contributed by atoms with E-state index in [0.717, 1.165) is 5.69 Å². The van der Waals surface area contributed by atoms with Crippen LogP contribution in [0, 0.1) is 0 Å². The summed E-state index contributed by atoms with van der Waals surface area (Å²) >= 11 is 12.1. The predicted octanol–water partition coefficient (Wildman–Crippen LogP) is 5.59. The Bertz CT molecular complexity index is 1180. The number of halogens is 2. The Morgan fingerprint density at radius 1 is 1.14 bits per heavy atom. The molecular formula is C22H17Cl2NO4. The summed E-state index contributed by atoms with van der Waals surface area (Å²) < 4.78 is 11.3. The van der Waals surface area contributed by atoms with Crippen LogP contribution in [0.3, 0.4) is 0 Å². The highest BCUT2D eigenvalue weighted by Gasteiger charge is 2.26. The molecule has 0 unspecified atom stereocenters. The molecule has 1 aromatic heterocycles. The number of fused-ring (bicyclic) bond motifs is 2. The number of esters is 1. The predicted molar refractivity (Wildman–Crippen MR) is 115 cm³/mol. The number of carbonyl (C=O) groups is 1. The van der Waals surface area contributed by atoms with Crippen LogP contribution in [0.1, 0.15) is 18.9 Å². The van der Waals surface area contributed by atoms with E-state index in [9.17, 15) is 9.59 Å². The SMILES string of the molecule is CCOC(=O)C1=Cc2c(oc3ccc(Cl)cc3c2=O)N(c2ccc(Cl)cc2)CC1. The van der Waals surface area contributed by atoms with Gasteiger partial charge in [-0.25, -0.2) is 4.79 Å². The Hall–Kier alpha value is -2.76. The van der Waals surface area contributed by atoms with E-state index in [-0.39, 0.29) is 17.6 Å². The Kier molecular flexibility index (Phi) is 5.35. The van der Waals surface area contributed by atoms with Crippen LogP contribution in [-0.2, 0) is 9.53 Å². The second kappa shape index (κ2) is 7.93. The fraction of sp³-hybridized carbons (Fsp3) is 0.182. The van der Waals surface area contributed by atoms with E-state index in [4.69, 9.17) is 32.4 Å². The normalized spacial score (nSPS) is 13.6. The number of anilines is 2. The first kappa shape index (κ1) is 19.6. The molecule has 0 radical (unpaired) electrons. The highest BCUT2D eigenvalue weighted by molar-refractivity contribution is 6.31. The molecule has 0 amide bonds. The van der Waals surface area contributed by atoms with Gasteiger partial charge in [0.15, 0.2) is 0 Å². The van der Waals surface area contributed by atoms with Crippen LogP contribution in [0.25, 0.3) is 17.0 Å². The van der Waals surface area contributed by atoms with Crippen molar-refractivity contribution in [1.29, 1.82) is 0 Å². The van der Waals surface area contributed by atoms with Gasteiger partial charge in [0.2, 0.25) is 11.3 Å². The van der Waals surface area contributed by atoms with E-state index in [2.05, 4.69) is 0 Å². The number of nitrogens with zero attached hydrogens (tertiary/aromatic N) is 1. The summed E-state index contributed by atoms with van der Waals surface area (Å²) in [7, 11) is 0. The van der Waals surface area contributed by atoms with Crippen LogP contribution < -0.4 is 10.3 Å². The van der Waals surface area contributed by atoms with Gasteiger partial charge in [0, 0.05) is 27.9 Å². The third-order valence-electron chi connectivity index (χ3n) is 4.71. The molecule has 2 aromatic carbocycles. The Morgan fingerprint density at radius 2 is 1.86 bits per heavy atom. The van der Waals surface area contributed by atoms with E-state index in [1.54, 1.807) is 43.3 Å². The largest absolute Gasteiger partial charge is 0.463 e. The van der Waals surface area contributed by atoms with Crippen LogP contribution in [0.5, 0.6) is 0 Å². The van der Waals surface area contributed by atoms with E-state index in [0.29, 0.717) is 45.4 Å². The van der Waals surface area contributed by atoms with Gasteiger partial charge in [-0.3, -0.25) is 4.79 Å². The molecule has 1 aliphatic heterocycles. The molecule has 0 fully saturated rings. The Balaban J connectivity index is 1.96. The molecule has 0 N–H and O–H groups in total. The second-order valence-electron chi connectivity index (χ2n) is 6.56. The number of carbonyl (C=O) groups excluding carboxylic acids is 1. The summed E-state index contributed by atoms with van der Waals surface area (Å²) in [5, 5.41) is 1.39. The van der Waals surface area contributed by atoms with E-state index < -0.39 is 5.97 Å². The van der Waals surface area contributed by atoms with Crippen molar-refractivity contribution in [2.75, 3.05) is 18.1 Å². The number of rotatable bonds is 3. The first-order valence-electron chi connectivity index (χ1n) is 9.15. The quantitative estimate of drug-likeness (QED) is 0.507. The maximum atomic E-state index is 13.3. The van der Waals surface area contributed by atoms with Gasteiger partial charge < -0.3 is 14.1 Å². The van der Waals surface area contributed by atoms with Crippen molar-refractivity contribution >= 4 is 57.8 Å². The van der Waals surface area contributed by atoms with Gasteiger partial charge in [-0.1, -0.05) is 23.2 Å². The average molecular weight is 430 g/mol. The minimum atomic E-state index is -0.443. The van der Waals surface area contributed by atoms with Gasteiger partial charge in [-0.05, 0) is 61.9 Å². The lowest BCUT2D eigenvalue weighted by Crippen LogP contribution is -2.21. The molecule has 7 heteroatoms. The lowest BCUT2D eigenvalue weighted by molar-refractivity contribution is -0.138. The topological polar surface area (TPSA) is 59.8 Å². The maximum Gasteiger partial charge on any atom is 0.334 e. The first-order chi connectivity index (χ1) is 14.0. The van der Waals surface area contributed by atoms with Crippen molar-refractivity contribution in [2.45, 2.75) is 13.3 Å². The zero-order valence-electron chi connectivity index (χ0n) is 15.6. The van der Waals surface area contributed by atoms with Gasteiger partial charge in [0.25, 0.3) is 0 Å². The summed E-state index contributed by atoms with van der Waals surface area (Å²) in [6, 6.07) is 12.1. The van der Waals surface area contributed by atoms with Gasteiger partial charge in [-0.15, -0.1) is 0 Å².